The number of benzene rings is 1. The normalized spacial score (nSPS) is 21.8. The number of hydrogen-bond donors (Lipinski definition) is 1. The van der Waals surface area contributed by atoms with Crippen molar-refractivity contribution in [3.63, 3.8) is 0 Å². The van der Waals surface area contributed by atoms with Gasteiger partial charge in [-0.1, -0.05) is 13.0 Å². The van der Waals surface area contributed by atoms with E-state index in [0.717, 1.165) is 18.7 Å². The van der Waals surface area contributed by atoms with Crippen LogP contribution in [0.3, 0.4) is 0 Å². The average molecular weight is 233 g/mol. The van der Waals surface area contributed by atoms with E-state index in [2.05, 4.69) is 52.1 Å². The summed E-state index contributed by atoms with van der Waals surface area (Å²) in [5.74, 6) is 1.05. The van der Waals surface area contributed by atoms with Gasteiger partial charge in [-0.2, -0.15) is 0 Å². The average Bonchev–Trinajstić information content (AvgIpc) is 2.20. The van der Waals surface area contributed by atoms with Gasteiger partial charge in [-0.05, 0) is 51.4 Å². The Hall–Kier alpha value is -1.02. The molecule has 1 aromatic rings. The Labute approximate surface area is 104 Å². The van der Waals surface area contributed by atoms with E-state index in [0.29, 0.717) is 6.04 Å². The number of rotatable bonds is 2. The van der Waals surface area contributed by atoms with Crippen LogP contribution in [0.5, 0.6) is 5.75 Å². The van der Waals surface area contributed by atoms with Crippen molar-refractivity contribution in [2.24, 2.45) is 0 Å². The Kier molecular flexibility index (Phi) is 3.17. The van der Waals surface area contributed by atoms with Gasteiger partial charge in [-0.25, -0.2) is 0 Å². The summed E-state index contributed by atoms with van der Waals surface area (Å²) in [6, 6.07) is 4.86. The number of fused-ring (bicyclic) bond motifs is 1. The second-order valence-electron chi connectivity index (χ2n) is 5.65. The van der Waals surface area contributed by atoms with Crippen molar-refractivity contribution in [2.75, 3.05) is 6.54 Å². The summed E-state index contributed by atoms with van der Waals surface area (Å²) < 4.78 is 6.09. The minimum atomic E-state index is -0.0818. The Morgan fingerprint density at radius 3 is 2.59 bits per heavy atom. The molecule has 1 aliphatic rings. The first-order valence-electron chi connectivity index (χ1n) is 6.46. The van der Waals surface area contributed by atoms with Gasteiger partial charge in [0.2, 0.25) is 0 Å². The fraction of sp³-hybridized carbons (Fsp3) is 0.600. The predicted molar refractivity (Wildman–Crippen MR) is 71.7 cm³/mol. The van der Waals surface area contributed by atoms with Crippen molar-refractivity contribution in [3.8, 4) is 5.75 Å². The second-order valence-corrected chi connectivity index (χ2v) is 5.65. The highest BCUT2D eigenvalue weighted by molar-refractivity contribution is 5.45. The topological polar surface area (TPSA) is 21.3 Å². The largest absolute Gasteiger partial charge is 0.487 e. The molecular weight excluding hydrogens is 210 g/mol. The molecule has 94 valence electrons. The zero-order valence-electron chi connectivity index (χ0n) is 11.6. The lowest BCUT2D eigenvalue weighted by Crippen LogP contribution is -2.39. The Balaban J connectivity index is 2.45. The SMILES string of the molecule is CCNC1CC(C)(C)Oc2cc(C)c(C)cc21. The molecule has 2 rings (SSSR count). The van der Waals surface area contributed by atoms with Gasteiger partial charge in [0.1, 0.15) is 11.4 Å². The number of hydrogen-bond acceptors (Lipinski definition) is 2. The molecule has 0 bridgehead atoms. The molecule has 1 aliphatic heterocycles. The summed E-state index contributed by atoms with van der Waals surface area (Å²) in [5, 5.41) is 3.56. The molecule has 1 N–H and O–H groups in total. The maximum atomic E-state index is 6.09. The molecule has 0 aliphatic carbocycles. The van der Waals surface area contributed by atoms with Crippen molar-refractivity contribution in [1.82, 2.24) is 5.32 Å². The molecule has 2 nitrogen and oxygen atoms in total. The van der Waals surface area contributed by atoms with Crippen LogP contribution in [0.25, 0.3) is 0 Å². The monoisotopic (exact) mass is 233 g/mol. The minimum Gasteiger partial charge on any atom is -0.487 e. The molecule has 2 heteroatoms. The van der Waals surface area contributed by atoms with E-state index in [1.54, 1.807) is 0 Å². The van der Waals surface area contributed by atoms with Gasteiger partial charge in [-0.15, -0.1) is 0 Å². The molecule has 0 saturated heterocycles. The summed E-state index contributed by atoms with van der Waals surface area (Å²) in [5.41, 5.74) is 3.88. The smallest absolute Gasteiger partial charge is 0.125 e. The van der Waals surface area contributed by atoms with Crippen LogP contribution >= 0.6 is 0 Å². The highest BCUT2D eigenvalue weighted by atomic mass is 16.5. The van der Waals surface area contributed by atoms with Crippen LogP contribution in [0.2, 0.25) is 0 Å². The van der Waals surface area contributed by atoms with Crippen LogP contribution < -0.4 is 10.1 Å². The van der Waals surface area contributed by atoms with Crippen LogP contribution in [0.15, 0.2) is 12.1 Å². The van der Waals surface area contributed by atoms with Gasteiger partial charge < -0.3 is 10.1 Å². The summed E-state index contributed by atoms with van der Waals surface area (Å²) in [6.45, 7) is 11.8. The third-order valence-corrected chi connectivity index (χ3v) is 3.53. The van der Waals surface area contributed by atoms with E-state index >= 15 is 0 Å². The van der Waals surface area contributed by atoms with Crippen molar-refractivity contribution < 1.29 is 4.74 Å². The molecule has 0 fully saturated rings. The van der Waals surface area contributed by atoms with Gasteiger partial charge in [0.15, 0.2) is 0 Å². The summed E-state index contributed by atoms with van der Waals surface area (Å²) in [6.07, 6.45) is 1.02. The van der Waals surface area contributed by atoms with E-state index < -0.39 is 0 Å². The zero-order valence-corrected chi connectivity index (χ0v) is 11.6. The minimum absolute atomic E-state index is 0.0818. The molecule has 0 radical (unpaired) electrons. The summed E-state index contributed by atoms with van der Waals surface area (Å²) in [4.78, 5) is 0. The molecule has 17 heavy (non-hydrogen) atoms. The summed E-state index contributed by atoms with van der Waals surface area (Å²) in [7, 11) is 0. The molecule has 1 unspecified atom stereocenters. The first kappa shape index (κ1) is 12.4. The van der Waals surface area contributed by atoms with Crippen LogP contribution in [-0.2, 0) is 0 Å². The first-order chi connectivity index (χ1) is 7.93. The van der Waals surface area contributed by atoms with Crippen LogP contribution in [0, 0.1) is 13.8 Å². The van der Waals surface area contributed by atoms with Crippen molar-refractivity contribution in [3.05, 3.63) is 28.8 Å². The molecule has 0 spiro atoms. The third kappa shape index (κ3) is 2.47. The quantitative estimate of drug-likeness (QED) is 0.844. The lowest BCUT2D eigenvalue weighted by molar-refractivity contribution is 0.0663. The number of nitrogens with one attached hydrogen (secondary N) is 1. The predicted octanol–water partition coefficient (Wildman–Crippen LogP) is 3.52. The van der Waals surface area contributed by atoms with Gasteiger partial charge in [0, 0.05) is 18.0 Å². The van der Waals surface area contributed by atoms with Gasteiger partial charge in [-0.3, -0.25) is 0 Å². The third-order valence-electron chi connectivity index (χ3n) is 3.53. The van der Waals surface area contributed by atoms with Crippen molar-refractivity contribution in [1.29, 1.82) is 0 Å². The zero-order chi connectivity index (χ0) is 12.6. The van der Waals surface area contributed by atoms with E-state index in [1.165, 1.54) is 16.7 Å². The summed E-state index contributed by atoms with van der Waals surface area (Å²) >= 11 is 0. The maximum absolute atomic E-state index is 6.09. The Morgan fingerprint density at radius 2 is 1.94 bits per heavy atom. The van der Waals surface area contributed by atoms with E-state index in [4.69, 9.17) is 4.74 Å². The molecule has 1 atom stereocenters. The number of ether oxygens (including phenoxy) is 1. The highest BCUT2D eigenvalue weighted by Gasteiger charge is 2.33. The van der Waals surface area contributed by atoms with E-state index in [1.807, 2.05) is 0 Å². The fourth-order valence-corrected chi connectivity index (χ4v) is 2.54. The molecule has 0 saturated carbocycles. The second kappa shape index (κ2) is 4.34. The van der Waals surface area contributed by atoms with E-state index in [-0.39, 0.29) is 5.60 Å². The van der Waals surface area contributed by atoms with Crippen molar-refractivity contribution >= 4 is 0 Å². The first-order valence-corrected chi connectivity index (χ1v) is 6.46. The molecular formula is C15H23NO. The fourth-order valence-electron chi connectivity index (χ4n) is 2.54. The standard InChI is InChI=1S/C15H23NO/c1-6-16-13-9-15(4,5)17-14-8-11(3)10(2)7-12(13)14/h7-8,13,16H,6,9H2,1-5H3. The van der Waals surface area contributed by atoms with Crippen LogP contribution in [0.1, 0.15) is 49.9 Å². The number of aryl methyl sites for hydroxylation is 2. The molecule has 1 heterocycles. The van der Waals surface area contributed by atoms with Crippen LogP contribution in [0.4, 0.5) is 0 Å². The Morgan fingerprint density at radius 1 is 1.29 bits per heavy atom. The van der Waals surface area contributed by atoms with E-state index in [9.17, 15) is 0 Å². The Bertz CT molecular complexity index is 423. The highest BCUT2D eigenvalue weighted by Crippen LogP contribution is 2.40. The van der Waals surface area contributed by atoms with Gasteiger partial charge in [0.05, 0.1) is 0 Å². The molecule has 0 amide bonds. The van der Waals surface area contributed by atoms with Gasteiger partial charge >= 0.3 is 0 Å². The maximum Gasteiger partial charge on any atom is 0.125 e. The van der Waals surface area contributed by atoms with Gasteiger partial charge in [0.25, 0.3) is 0 Å². The molecule has 0 aromatic heterocycles. The lowest BCUT2D eigenvalue weighted by atomic mass is 9.88. The van der Waals surface area contributed by atoms with Crippen molar-refractivity contribution in [2.45, 2.75) is 52.7 Å². The van der Waals surface area contributed by atoms with Crippen LogP contribution in [-0.4, -0.2) is 12.1 Å². The molecule has 1 aromatic carbocycles. The lowest BCUT2D eigenvalue weighted by Gasteiger charge is -2.38.